The van der Waals surface area contributed by atoms with E-state index < -0.39 is 0 Å². The van der Waals surface area contributed by atoms with Crippen molar-refractivity contribution in [3.05, 3.63) is 82.8 Å². The van der Waals surface area contributed by atoms with Crippen LogP contribution in [0.4, 0.5) is 0 Å². The van der Waals surface area contributed by atoms with Crippen LogP contribution in [0.2, 0.25) is 5.02 Å². The Bertz CT molecular complexity index is 897. The van der Waals surface area contributed by atoms with E-state index in [9.17, 15) is 4.79 Å². The molecule has 26 heavy (non-hydrogen) atoms. The molecule has 0 aliphatic heterocycles. The number of pyridine rings is 2. The standard InChI is InChI=1S/C21H20ClN3O/c1-15-11-16(4-6-19(15)22)5-7-21(26)25-13-17-8-10-24-20(12-17)18-3-2-9-23-14-18/h2-4,6,8-12,14H,5,7,13H2,1H3,(H,25,26). The van der Waals surface area contributed by atoms with E-state index in [-0.39, 0.29) is 5.91 Å². The third-order valence-corrected chi connectivity index (χ3v) is 4.56. The van der Waals surface area contributed by atoms with Crippen LogP contribution in [0.5, 0.6) is 0 Å². The number of aromatic nitrogens is 2. The summed E-state index contributed by atoms with van der Waals surface area (Å²) in [5.74, 6) is 0.0253. The number of hydrogen-bond donors (Lipinski definition) is 1. The summed E-state index contributed by atoms with van der Waals surface area (Å²) >= 11 is 6.03. The van der Waals surface area contributed by atoms with Crippen molar-refractivity contribution in [1.29, 1.82) is 0 Å². The zero-order valence-electron chi connectivity index (χ0n) is 14.6. The molecule has 5 heteroatoms. The Morgan fingerprint density at radius 2 is 2.00 bits per heavy atom. The second kappa shape index (κ2) is 8.59. The number of rotatable bonds is 6. The van der Waals surface area contributed by atoms with Crippen molar-refractivity contribution in [3.8, 4) is 11.3 Å². The quantitative estimate of drug-likeness (QED) is 0.706. The lowest BCUT2D eigenvalue weighted by Gasteiger charge is -2.08. The number of carbonyl (C=O) groups excluding carboxylic acids is 1. The molecule has 0 fully saturated rings. The molecule has 3 rings (SSSR count). The van der Waals surface area contributed by atoms with Crippen molar-refractivity contribution < 1.29 is 4.79 Å². The van der Waals surface area contributed by atoms with E-state index in [1.54, 1.807) is 18.6 Å². The minimum Gasteiger partial charge on any atom is -0.352 e. The lowest BCUT2D eigenvalue weighted by Crippen LogP contribution is -2.23. The van der Waals surface area contributed by atoms with Gasteiger partial charge in [-0.25, -0.2) is 0 Å². The molecule has 0 saturated carbocycles. The van der Waals surface area contributed by atoms with Crippen LogP contribution in [0.1, 0.15) is 23.1 Å². The summed E-state index contributed by atoms with van der Waals surface area (Å²) in [5.41, 5.74) is 4.96. The number of hydrogen-bond acceptors (Lipinski definition) is 3. The van der Waals surface area contributed by atoms with Crippen molar-refractivity contribution in [2.75, 3.05) is 0 Å². The first-order valence-corrected chi connectivity index (χ1v) is 8.86. The van der Waals surface area contributed by atoms with Crippen LogP contribution in [0.3, 0.4) is 0 Å². The zero-order valence-corrected chi connectivity index (χ0v) is 15.3. The lowest BCUT2D eigenvalue weighted by atomic mass is 10.1. The molecule has 1 N–H and O–H groups in total. The number of nitrogens with one attached hydrogen (secondary N) is 1. The fraction of sp³-hybridized carbons (Fsp3) is 0.190. The predicted octanol–water partition coefficient (Wildman–Crippen LogP) is 4.35. The molecule has 2 aromatic heterocycles. The van der Waals surface area contributed by atoms with E-state index >= 15 is 0 Å². The fourth-order valence-corrected chi connectivity index (χ4v) is 2.78. The van der Waals surface area contributed by atoms with Crippen LogP contribution >= 0.6 is 11.6 Å². The van der Waals surface area contributed by atoms with Crippen molar-refractivity contribution in [1.82, 2.24) is 15.3 Å². The van der Waals surface area contributed by atoms with Gasteiger partial charge in [0.2, 0.25) is 5.91 Å². The molecule has 3 aromatic rings. The number of halogens is 1. The van der Waals surface area contributed by atoms with Gasteiger partial charge in [0.05, 0.1) is 5.69 Å². The van der Waals surface area contributed by atoms with Gasteiger partial charge in [0.25, 0.3) is 0 Å². The van der Waals surface area contributed by atoms with E-state index in [1.807, 2.05) is 49.4 Å². The van der Waals surface area contributed by atoms with Crippen LogP contribution < -0.4 is 5.32 Å². The summed E-state index contributed by atoms with van der Waals surface area (Å²) in [5, 5.41) is 3.72. The molecular formula is C21H20ClN3O. The zero-order chi connectivity index (χ0) is 18.4. The second-order valence-electron chi connectivity index (χ2n) is 6.15. The third kappa shape index (κ3) is 4.90. The van der Waals surface area contributed by atoms with Gasteiger partial charge in [-0.3, -0.25) is 14.8 Å². The molecule has 1 amide bonds. The SMILES string of the molecule is Cc1cc(CCC(=O)NCc2ccnc(-c3cccnc3)c2)ccc1Cl. The molecule has 0 saturated heterocycles. The van der Waals surface area contributed by atoms with Gasteiger partial charge in [0.15, 0.2) is 0 Å². The Morgan fingerprint density at radius 1 is 1.12 bits per heavy atom. The highest BCUT2D eigenvalue weighted by atomic mass is 35.5. The van der Waals surface area contributed by atoms with Crippen LogP contribution in [-0.2, 0) is 17.8 Å². The molecule has 1 aromatic carbocycles. The van der Waals surface area contributed by atoms with Gasteiger partial charge < -0.3 is 5.32 Å². The Labute approximate surface area is 158 Å². The second-order valence-corrected chi connectivity index (χ2v) is 6.56. The van der Waals surface area contributed by atoms with E-state index in [0.717, 1.165) is 33.0 Å². The van der Waals surface area contributed by atoms with Crippen LogP contribution in [0, 0.1) is 6.92 Å². The normalized spacial score (nSPS) is 10.5. The smallest absolute Gasteiger partial charge is 0.220 e. The van der Waals surface area contributed by atoms with E-state index in [4.69, 9.17) is 11.6 Å². The number of carbonyl (C=O) groups is 1. The Morgan fingerprint density at radius 3 is 2.77 bits per heavy atom. The van der Waals surface area contributed by atoms with Crippen molar-refractivity contribution >= 4 is 17.5 Å². The molecule has 0 aliphatic rings. The highest BCUT2D eigenvalue weighted by Gasteiger charge is 2.05. The maximum absolute atomic E-state index is 12.1. The number of nitrogens with zero attached hydrogens (tertiary/aromatic N) is 2. The molecule has 2 heterocycles. The molecule has 4 nitrogen and oxygen atoms in total. The molecule has 0 spiro atoms. The van der Waals surface area contributed by atoms with Crippen LogP contribution in [-0.4, -0.2) is 15.9 Å². The maximum atomic E-state index is 12.1. The average molecular weight is 366 g/mol. The van der Waals surface area contributed by atoms with Crippen molar-refractivity contribution in [3.63, 3.8) is 0 Å². The van der Waals surface area contributed by atoms with Crippen molar-refractivity contribution in [2.24, 2.45) is 0 Å². The number of amides is 1. The Hall–Kier alpha value is -2.72. The first kappa shape index (κ1) is 18.1. The predicted molar refractivity (Wildman–Crippen MR) is 104 cm³/mol. The van der Waals surface area contributed by atoms with Gasteiger partial charge in [0.1, 0.15) is 0 Å². The molecule has 0 radical (unpaired) electrons. The number of benzene rings is 1. The third-order valence-electron chi connectivity index (χ3n) is 4.13. The molecule has 132 valence electrons. The average Bonchev–Trinajstić information content (AvgIpc) is 2.68. The highest BCUT2D eigenvalue weighted by Crippen LogP contribution is 2.18. The summed E-state index contributed by atoms with van der Waals surface area (Å²) in [6, 6.07) is 13.6. The minimum atomic E-state index is 0.0253. The van der Waals surface area contributed by atoms with E-state index in [2.05, 4.69) is 15.3 Å². The summed E-state index contributed by atoms with van der Waals surface area (Å²) < 4.78 is 0. The summed E-state index contributed by atoms with van der Waals surface area (Å²) in [4.78, 5) is 20.6. The van der Waals surface area contributed by atoms with Crippen LogP contribution in [0.15, 0.2) is 61.1 Å². The summed E-state index contributed by atoms with van der Waals surface area (Å²) in [7, 11) is 0. The Kier molecular flexibility index (Phi) is 5.97. The van der Waals surface area contributed by atoms with Crippen LogP contribution in [0.25, 0.3) is 11.3 Å². The van der Waals surface area contributed by atoms with Gasteiger partial charge in [-0.1, -0.05) is 23.7 Å². The lowest BCUT2D eigenvalue weighted by molar-refractivity contribution is -0.121. The molecule has 0 atom stereocenters. The van der Waals surface area contributed by atoms with Gasteiger partial charge in [-0.05, 0) is 60.4 Å². The molecular weight excluding hydrogens is 346 g/mol. The monoisotopic (exact) mass is 365 g/mol. The highest BCUT2D eigenvalue weighted by molar-refractivity contribution is 6.31. The van der Waals surface area contributed by atoms with E-state index in [0.29, 0.717) is 19.4 Å². The first-order chi connectivity index (χ1) is 12.6. The first-order valence-electron chi connectivity index (χ1n) is 8.49. The van der Waals surface area contributed by atoms with Gasteiger partial charge in [-0.15, -0.1) is 0 Å². The number of aryl methyl sites for hydroxylation is 2. The summed E-state index contributed by atoms with van der Waals surface area (Å²) in [6.07, 6.45) is 6.40. The molecule has 0 aliphatic carbocycles. The topological polar surface area (TPSA) is 54.9 Å². The van der Waals surface area contributed by atoms with Gasteiger partial charge in [0, 0.05) is 42.1 Å². The Balaban J connectivity index is 1.54. The van der Waals surface area contributed by atoms with Gasteiger partial charge in [-0.2, -0.15) is 0 Å². The molecule has 0 unspecified atom stereocenters. The van der Waals surface area contributed by atoms with E-state index in [1.165, 1.54) is 0 Å². The summed E-state index contributed by atoms with van der Waals surface area (Å²) in [6.45, 7) is 2.45. The van der Waals surface area contributed by atoms with Crippen molar-refractivity contribution in [2.45, 2.75) is 26.3 Å². The largest absolute Gasteiger partial charge is 0.352 e. The fourth-order valence-electron chi connectivity index (χ4n) is 2.67. The maximum Gasteiger partial charge on any atom is 0.220 e. The van der Waals surface area contributed by atoms with Gasteiger partial charge >= 0.3 is 0 Å². The minimum absolute atomic E-state index is 0.0253. The molecule has 0 bridgehead atoms.